The first kappa shape index (κ1) is 20.4. The molecule has 4 aromatic rings. The number of hydrogen-bond acceptors (Lipinski definition) is 4. The van der Waals surface area contributed by atoms with Gasteiger partial charge in [0.1, 0.15) is 0 Å². The van der Waals surface area contributed by atoms with E-state index < -0.39 is 0 Å². The molecule has 0 bridgehead atoms. The minimum atomic E-state index is -0.0864. The van der Waals surface area contributed by atoms with E-state index >= 15 is 0 Å². The molecule has 0 aliphatic heterocycles. The van der Waals surface area contributed by atoms with Crippen LogP contribution in [-0.2, 0) is 4.79 Å². The summed E-state index contributed by atoms with van der Waals surface area (Å²) in [6.07, 6.45) is 0. The number of anilines is 1. The Balaban J connectivity index is 1.57. The van der Waals surface area contributed by atoms with Crippen LogP contribution in [0.25, 0.3) is 17.1 Å². The summed E-state index contributed by atoms with van der Waals surface area (Å²) in [5, 5.41) is 12.4. The fraction of sp³-hybridized carbons (Fsp3) is 0.0870. The van der Waals surface area contributed by atoms with Crippen LogP contribution in [0.5, 0.6) is 0 Å². The van der Waals surface area contributed by atoms with Gasteiger partial charge >= 0.3 is 0 Å². The monoisotopic (exact) mass is 478 g/mol. The summed E-state index contributed by atoms with van der Waals surface area (Å²) in [6.45, 7) is 2.01. The lowest BCUT2D eigenvalue weighted by Crippen LogP contribution is -2.14. The van der Waals surface area contributed by atoms with Gasteiger partial charge in [0.15, 0.2) is 11.0 Å². The van der Waals surface area contributed by atoms with Crippen LogP contribution in [0.4, 0.5) is 5.69 Å². The maximum Gasteiger partial charge on any atom is 0.234 e. The van der Waals surface area contributed by atoms with Crippen molar-refractivity contribution in [2.75, 3.05) is 11.1 Å². The van der Waals surface area contributed by atoms with Crippen molar-refractivity contribution in [2.24, 2.45) is 0 Å². The normalized spacial score (nSPS) is 10.7. The van der Waals surface area contributed by atoms with E-state index in [1.165, 1.54) is 11.8 Å². The number of halogens is 1. The van der Waals surface area contributed by atoms with E-state index in [2.05, 4.69) is 31.4 Å². The van der Waals surface area contributed by atoms with Gasteiger partial charge in [-0.25, -0.2) is 0 Å². The molecule has 0 unspecified atom stereocenters. The minimum absolute atomic E-state index is 0.0864. The van der Waals surface area contributed by atoms with Crippen molar-refractivity contribution in [1.29, 1.82) is 0 Å². The molecular weight excluding hydrogens is 460 g/mol. The summed E-state index contributed by atoms with van der Waals surface area (Å²) in [4.78, 5) is 12.4. The van der Waals surface area contributed by atoms with Crippen molar-refractivity contribution in [1.82, 2.24) is 14.8 Å². The molecule has 1 N–H and O–H groups in total. The second kappa shape index (κ2) is 9.28. The molecule has 3 aromatic carbocycles. The lowest BCUT2D eigenvalue weighted by molar-refractivity contribution is -0.113. The Kier molecular flexibility index (Phi) is 6.30. The number of rotatable bonds is 6. The van der Waals surface area contributed by atoms with Gasteiger partial charge in [-0.15, -0.1) is 10.2 Å². The summed E-state index contributed by atoms with van der Waals surface area (Å²) in [7, 11) is 0. The number of para-hydroxylation sites is 1. The molecule has 1 heterocycles. The SMILES string of the molecule is Cc1ccc(NC(=O)CSc2nnc(-c3ccc(Br)cc3)n2-c2ccccc2)cc1. The number of aromatic nitrogens is 3. The number of thioether (sulfide) groups is 1. The van der Waals surface area contributed by atoms with Crippen LogP contribution >= 0.6 is 27.7 Å². The Bertz CT molecular complexity index is 1140. The average molecular weight is 479 g/mol. The van der Waals surface area contributed by atoms with Crippen molar-refractivity contribution in [3.8, 4) is 17.1 Å². The summed E-state index contributed by atoms with van der Waals surface area (Å²) < 4.78 is 2.98. The molecule has 0 fully saturated rings. The fourth-order valence-corrected chi connectivity index (χ4v) is 3.94. The third-order valence-electron chi connectivity index (χ3n) is 4.42. The molecule has 150 valence electrons. The second-order valence-corrected chi connectivity index (χ2v) is 8.55. The molecule has 1 amide bonds. The van der Waals surface area contributed by atoms with Crippen LogP contribution in [0.1, 0.15) is 5.56 Å². The van der Waals surface area contributed by atoms with E-state index in [1.807, 2.05) is 90.4 Å². The lowest BCUT2D eigenvalue weighted by atomic mass is 10.2. The molecule has 0 saturated carbocycles. The molecule has 0 aliphatic rings. The molecule has 0 aliphatic carbocycles. The van der Waals surface area contributed by atoms with E-state index in [-0.39, 0.29) is 11.7 Å². The van der Waals surface area contributed by atoms with Crippen LogP contribution < -0.4 is 5.32 Å². The van der Waals surface area contributed by atoms with Gasteiger partial charge in [0.05, 0.1) is 5.75 Å². The van der Waals surface area contributed by atoms with Crippen LogP contribution in [0.3, 0.4) is 0 Å². The van der Waals surface area contributed by atoms with Gasteiger partial charge in [-0.3, -0.25) is 9.36 Å². The van der Waals surface area contributed by atoms with Crippen molar-refractivity contribution in [3.05, 3.63) is 88.9 Å². The Labute approximate surface area is 187 Å². The highest BCUT2D eigenvalue weighted by Gasteiger charge is 2.17. The highest BCUT2D eigenvalue weighted by Crippen LogP contribution is 2.28. The third kappa shape index (κ3) is 4.80. The highest BCUT2D eigenvalue weighted by molar-refractivity contribution is 9.10. The zero-order valence-corrected chi connectivity index (χ0v) is 18.7. The minimum Gasteiger partial charge on any atom is -0.325 e. The molecule has 7 heteroatoms. The predicted molar refractivity (Wildman–Crippen MR) is 125 cm³/mol. The number of carbonyl (C=O) groups excluding carboxylic acids is 1. The van der Waals surface area contributed by atoms with Crippen LogP contribution in [0, 0.1) is 6.92 Å². The molecule has 0 radical (unpaired) electrons. The topological polar surface area (TPSA) is 59.8 Å². The zero-order chi connectivity index (χ0) is 20.9. The van der Waals surface area contributed by atoms with Gasteiger partial charge in [0, 0.05) is 21.4 Å². The number of amides is 1. The largest absolute Gasteiger partial charge is 0.325 e. The Morgan fingerprint density at radius 2 is 1.67 bits per heavy atom. The molecular formula is C23H19BrN4OS. The molecule has 4 rings (SSSR count). The fourth-order valence-electron chi connectivity index (χ4n) is 2.92. The number of nitrogens with zero attached hydrogens (tertiary/aromatic N) is 3. The molecule has 0 spiro atoms. The molecule has 5 nitrogen and oxygen atoms in total. The van der Waals surface area contributed by atoms with E-state index in [9.17, 15) is 4.79 Å². The molecule has 0 saturated heterocycles. The average Bonchev–Trinajstić information content (AvgIpc) is 3.19. The van der Waals surface area contributed by atoms with Gasteiger partial charge in [-0.1, -0.05) is 75.7 Å². The standard InChI is InChI=1S/C23H19BrN4OS/c1-16-7-13-19(14-8-16)25-21(29)15-30-23-27-26-22(17-9-11-18(24)12-10-17)28(23)20-5-3-2-4-6-20/h2-14H,15H2,1H3,(H,25,29). The van der Waals surface area contributed by atoms with Crippen molar-refractivity contribution in [3.63, 3.8) is 0 Å². The van der Waals surface area contributed by atoms with Gasteiger partial charge < -0.3 is 5.32 Å². The number of benzene rings is 3. The first-order chi connectivity index (χ1) is 14.6. The first-order valence-electron chi connectivity index (χ1n) is 9.36. The van der Waals surface area contributed by atoms with E-state index in [4.69, 9.17) is 0 Å². The zero-order valence-electron chi connectivity index (χ0n) is 16.2. The smallest absolute Gasteiger partial charge is 0.234 e. The quantitative estimate of drug-likeness (QED) is 0.359. The summed E-state index contributed by atoms with van der Waals surface area (Å²) in [6, 6.07) is 25.6. The van der Waals surface area contributed by atoms with Gasteiger partial charge in [0.25, 0.3) is 0 Å². The summed E-state index contributed by atoms with van der Waals surface area (Å²) in [5.41, 5.74) is 3.83. The second-order valence-electron chi connectivity index (χ2n) is 6.69. The van der Waals surface area contributed by atoms with Crippen molar-refractivity contribution < 1.29 is 4.79 Å². The summed E-state index contributed by atoms with van der Waals surface area (Å²) in [5.74, 6) is 0.880. The molecule has 0 atom stereocenters. The van der Waals surface area contributed by atoms with Crippen LogP contribution in [0.2, 0.25) is 0 Å². The first-order valence-corrected chi connectivity index (χ1v) is 11.1. The van der Waals surface area contributed by atoms with E-state index in [0.717, 1.165) is 32.8 Å². The number of aryl methyl sites for hydroxylation is 1. The maximum absolute atomic E-state index is 12.4. The lowest BCUT2D eigenvalue weighted by Gasteiger charge is -2.10. The highest BCUT2D eigenvalue weighted by atomic mass is 79.9. The number of hydrogen-bond donors (Lipinski definition) is 1. The Morgan fingerprint density at radius 3 is 2.37 bits per heavy atom. The molecule has 30 heavy (non-hydrogen) atoms. The Hall–Kier alpha value is -2.90. The molecule has 1 aromatic heterocycles. The van der Waals surface area contributed by atoms with E-state index in [0.29, 0.717) is 5.16 Å². The van der Waals surface area contributed by atoms with Crippen LogP contribution in [-0.4, -0.2) is 26.4 Å². The van der Waals surface area contributed by atoms with Crippen LogP contribution in [0.15, 0.2) is 88.5 Å². The van der Waals surface area contributed by atoms with Crippen molar-refractivity contribution >= 4 is 39.3 Å². The predicted octanol–water partition coefficient (Wildman–Crippen LogP) is 5.74. The summed E-state index contributed by atoms with van der Waals surface area (Å²) >= 11 is 4.83. The third-order valence-corrected chi connectivity index (χ3v) is 5.88. The number of carbonyl (C=O) groups is 1. The van der Waals surface area contributed by atoms with Gasteiger partial charge in [-0.05, 0) is 43.3 Å². The Morgan fingerprint density at radius 1 is 0.967 bits per heavy atom. The van der Waals surface area contributed by atoms with Gasteiger partial charge in [0.2, 0.25) is 5.91 Å². The van der Waals surface area contributed by atoms with E-state index in [1.54, 1.807) is 0 Å². The van der Waals surface area contributed by atoms with Crippen molar-refractivity contribution in [2.45, 2.75) is 12.1 Å². The maximum atomic E-state index is 12.4. The van der Waals surface area contributed by atoms with Gasteiger partial charge in [-0.2, -0.15) is 0 Å². The number of nitrogens with one attached hydrogen (secondary N) is 1.